The Balaban J connectivity index is 0.00000218. The van der Waals surface area contributed by atoms with E-state index in [0.717, 1.165) is 56.6 Å². The van der Waals surface area contributed by atoms with Crippen LogP contribution in [-0.2, 0) is 30.5 Å². The Morgan fingerprint density at radius 2 is 1.70 bits per heavy atom. The van der Waals surface area contributed by atoms with E-state index in [2.05, 4.69) is 36.1 Å². The van der Waals surface area contributed by atoms with Crippen LogP contribution in [0.4, 0.5) is 5.69 Å². The number of halogens is 1. The Bertz CT molecular complexity index is 962. The fourth-order valence-electron chi connectivity index (χ4n) is 5.40. The maximum absolute atomic E-state index is 13.0. The summed E-state index contributed by atoms with van der Waals surface area (Å²) in [5, 5.41) is 0. The summed E-state index contributed by atoms with van der Waals surface area (Å²) in [5.74, 6) is 0.458. The fraction of sp³-hybridized carbons (Fsp3) is 0.440. The van der Waals surface area contributed by atoms with Crippen molar-refractivity contribution in [3.8, 4) is 0 Å². The summed E-state index contributed by atoms with van der Waals surface area (Å²) in [6.45, 7) is 4.74. The number of hydrogen-bond acceptors (Lipinski definition) is 3. The molecule has 0 fully saturated rings. The lowest BCUT2D eigenvalue weighted by molar-refractivity contribution is -0.118. The average molecular weight is 425 g/mol. The molecule has 5 rings (SSSR count). The number of Topliss-reactive ketones (excluding diaryl/α,β-unsaturated/α-hetero) is 1. The second-order valence-electron chi connectivity index (χ2n) is 8.57. The summed E-state index contributed by atoms with van der Waals surface area (Å²) in [6, 6.07) is 13.3. The quantitative estimate of drug-likeness (QED) is 0.658. The minimum Gasteiger partial charge on any atom is -0.312 e. The maximum atomic E-state index is 13.0. The highest BCUT2D eigenvalue weighted by molar-refractivity contribution is 6.02. The van der Waals surface area contributed by atoms with Gasteiger partial charge in [0, 0.05) is 37.5 Å². The first kappa shape index (κ1) is 21.1. The first-order valence-electron chi connectivity index (χ1n) is 10.9. The Morgan fingerprint density at radius 1 is 1.03 bits per heavy atom. The number of benzene rings is 2. The molecule has 1 aliphatic carbocycles. The zero-order chi connectivity index (χ0) is 20.0. The number of rotatable bonds is 6. The second kappa shape index (κ2) is 8.52. The monoisotopic (exact) mass is 424 g/mol. The van der Waals surface area contributed by atoms with Crippen molar-refractivity contribution in [3.63, 3.8) is 0 Å². The third kappa shape index (κ3) is 3.67. The average Bonchev–Trinajstić information content (AvgIpc) is 3.36. The molecule has 158 valence electrons. The normalized spacial score (nSPS) is 17.1. The van der Waals surface area contributed by atoms with E-state index in [9.17, 15) is 9.59 Å². The van der Waals surface area contributed by atoms with Gasteiger partial charge in [-0.05, 0) is 66.6 Å². The molecule has 0 N–H and O–H groups in total. The van der Waals surface area contributed by atoms with Crippen molar-refractivity contribution in [3.05, 3.63) is 64.2 Å². The summed E-state index contributed by atoms with van der Waals surface area (Å²) < 4.78 is 0. The van der Waals surface area contributed by atoms with E-state index in [1.807, 2.05) is 17.0 Å². The van der Waals surface area contributed by atoms with Crippen molar-refractivity contribution in [1.82, 2.24) is 4.90 Å². The number of carbonyl (C=O) groups excluding carboxylic acids is 2. The van der Waals surface area contributed by atoms with Gasteiger partial charge in [0.15, 0.2) is 5.78 Å². The topological polar surface area (TPSA) is 40.6 Å². The van der Waals surface area contributed by atoms with E-state index in [-0.39, 0.29) is 24.1 Å². The van der Waals surface area contributed by atoms with Crippen molar-refractivity contribution in [2.75, 3.05) is 24.5 Å². The molecule has 2 aromatic rings. The van der Waals surface area contributed by atoms with Crippen molar-refractivity contribution in [1.29, 1.82) is 0 Å². The number of likely N-dealkylation sites (N-methyl/N-ethyl adjacent to an activating group) is 1. The molecule has 0 spiro atoms. The first-order chi connectivity index (χ1) is 14.1. The SMILES string of the molecule is CCN(CCC(=O)c1cc2c3c(c1)CCN3C(=O)CC2)C1Cc2ccccc2C1.Cl. The first-order valence-corrected chi connectivity index (χ1v) is 10.9. The van der Waals surface area contributed by atoms with E-state index in [0.29, 0.717) is 18.9 Å². The van der Waals surface area contributed by atoms with Crippen LogP contribution in [0.5, 0.6) is 0 Å². The summed E-state index contributed by atoms with van der Waals surface area (Å²) in [4.78, 5) is 29.5. The molecule has 0 saturated carbocycles. The predicted molar refractivity (Wildman–Crippen MR) is 122 cm³/mol. The Labute approximate surface area is 184 Å². The lowest BCUT2D eigenvalue weighted by Gasteiger charge is -2.27. The number of aryl methyl sites for hydroxylation is 1. The highest BCUT2D eigenvalue weighted by Crippen LogP contribution is 2.37. The summed E-state index contributed by atoms with van der Waals surface area (Å²) >= 11 is 0. The van der Waals surface area contributed by atoms with E-state index >= 15 is 0 Å². The molecule has 30 heavy (non-hydrogen) atoms. The smallest absolute Gasteiger partial charge is 0.227 e. The number of ketones is 1. The van der Waals surface area contributed by atoms with Gasteiger partial charge in [-0.3, -0.25) is 14.5 Å². The van der Waals surface area contributed by atoms with Crippen LogP contribution in [0.3, 0.4) is 0 Å². The molecular formula is C25H29ClN2O2. The van der Waals surface area contributed by atoms with Crippen LogP contribution in [0, 0.1) is 0 Å². The third-order valence-corrected chi connectivity index (χ3v) is 6.95. The van der Waals surface area contributed by atoms with Crippen LogP contribution in [0.15, 0.2) is 36.4 Å². The van der Waals surface area contributed by atoms with Gasteiger partial charge in [0.1, 0.15) is 0 Å². The molecule has 0 atom stereocenters. The number of fused-ring (bicyclic) bond motifs is 1. The standard InChI is InChI=1S/C25H28N2O2.ClH/c1-2-26(22-15-17-5-3-4-6-18(17)16-22)11-10-23(28)21-13-19-7-8-24(29)27-12-9-20(14-21)25(19)27;/h3-6,13-14,22H,2,7-12,15-16H2,1H3;1H. The molecule has 3 aliphatic rings. The van der Waals surface area contributed by atoms with Gasteiger partial charge in [-0.25, -0.2) is 0 Å². The third-order valence-electron chi connectivity index (χ3n) is 6.95. The molecule has 0 aromatic heterocycles. The van der Waals surface area contributed by atoms with Gasteiger partial charge >= 0.3 is 0 Å². The van der Waals surface area contributed by atoms with Gasteiger partial charge in [-0.2, -0.15) is 0 Å². The largest absolute Gasteiger partial charge is 0.312 e. The summed E-state index contributed by atoms with van der Waals surface area (Å²) in [6.07, 6.45) is 4.93. The fourth-order valence-corrected chi connectivity index (χ4v) is 5.40. The molecule has 0 bridgehead atoms. The molecular weight excluding hydrogens is 396 g/mol. The van der Waals surface area contributed by atoms with Gasteiger partial charge < -0.3 is 4.90 Å². The van der Waals surface area contributed by atoms with Crippen LogP contribution in [-0.4, -0.2) is 42.3 Å². The van der Waals surface area contributed by atoms with E-state index in [1.165, 1.54) is 22.3 Å². The van der Waals surface area contributed by atoms with Gasteiger partial charge in [0.05, 0.1) is 5.69 Å². The van der Waals surface area contributed by atoms with Crippen molar-refractivity contribution >= 4 is 29.8 Å². The molecule has 5 heteroatoms. The highest BCUT2D eigenvalue weighted by Gasteiger charge is 2.32. The van der Waals surface area contributed by atoms with Crippen LogP contribution >= 0.6 is 12.4 Å². The molecule has 1 amide bonds. The van der Waals surface area contributed by atoms with Crippen molar-refractivity contribution in [2.45, 2.75) is 51.5 Å². The highest BCUT2D eigenvalue weighted by atomic mass is 35.5. The lowest BCUT2D eigenvalue weighted by Crippen LogP contribution is -2.37. The molecule has 0 unspecified atom stereocenters. The zero-order valence-corrected chi connectivity index (χ0v) is 18.3. The lowest BCUT2D eigenvalue weighted by atomic mass is 9.94. The Hall–Kier alpha value is -2.17. The Kier molecular flexibility index (Phi) is 5.99. The van der Waals surface area contributed by atoms with Crippen LogP contribution in [0.2, 0.25) is 0 Å². The number of hydrogen-bond donors (Lipinski definition) is 0. The zero-order valence-electron chi connectivity index (χ0n) is 17.5. The van der Waals surface area contributed by atoms with Crippen molar-refractivity contribution in [2.24, 2.45) is 0 Å². The predicted octanol–water partition coefficient (Wildman–Crippen LogP) is 4.01. The van der Waals surface area contributed by atoms with E-state index in [1.54, 1.807) is 0 Å². The summed E-state index contributed by atoms with van der Waals surface area (Å²) in [5.41, 5.74) is 7.20. The minimum atomic E-state index is 0. The van der Waals surface area contributed by atoms with Crippen LogP contribution in [0.25, 0.3) is 0 Å². The van der Waals surface area contributed by atoms with Crippen molar-refractivity contribution < 1.29 is 9.59 Å². The van der Waals surface area contributed by atoms with Gasteiger partial charge in [0.25, 0.3) is 0 Å². The maximum Gasteiger partial charge on any atom is 0.227 e. The number of carbonyl (C=O) groups is 2. The number of anilines is 1. The molecule has 2 aliphatic heterocycles. The minimum absolute atomic E-state index is 0. The second-order valence-corrected chi connectivity index (χ2v) is 8.57. The Morgan fingerprint density at radius 3 is 2.37 bits per heavy atom. The van der Waals surface area contributed by atoms with E-state index in [4.69, 9.17) is 0 Å². The van der Waals surface area contributed by atoms with Crippen LogP contribution < -0.4 is 4.90 Å². The van der Waals surface area contributed by atoms with E-state index < -0.39 is 0 Å². The van der Waals surface area contributed by atoms with Crippen LogP contribution in [0.1, 0.15) is 52.4 Å². The molecule has 4 nitrogen and oxygen atoms in total. The molecule has 2 aromatic carbocycles. The number of nitrogens with zero attached hydrogens (tertiary/aromatic N) is 2. The molecule has 0 saturated heterocycles. The molecule has 2 heterocycles. The summed E-state index contributed by atoms with van der Waals surface area (Å²) in [7, 11) is 0. The molecule has 0 radical (unpaired) electrons. The van der Waals surface area contributed by atoms with Gasteiger partial charge in [-0.1, -0.05) is 31.2 Å². The van der Waals surface area contributed by atoms with Gasteiger partial charge in [-0.15, -0.1) is 12.4 Å². The van der Waals surface area contributed by atoms with Gasteiger partial charge in [0.2, 0.25) is 5.91 Å². The number of amides is 1.